The number of halogens is 4. The van der Waals surface area contributed by atoms with Crippen LogP contribution in [0.5, 0.6) is 0 Å². The zero-order chi connectivity index (χ0) is 18.6. The molecule has 0 spiro atoms. The van der Waals surface area contributed by atoms with Gasteiger partial charge in [-0.25, -0.2) is 17.6 Å². The number of aryl methyl sites for hydroxylation is 1. The fourth-order valence-electron chi connectivity index (χ4n) is 2.24. The summed E-state index contributed by atoms with van der Waals surface area (Å²) in [5.74, 6) is -5.18. The lowest BCUT2D eigenvalue weighted by atomic mass is 10.1. The molecular weight excluding hydrogens is 368 g/mol. The van der Waals surface area contributed by atoms with E-state index in [2.05, 4.69) is 5.32 Å². The van der Waals surface area contributed by atoms with Crippen molar-refractivity contribution in [3.8, 4) is 0 Å². The average Bonchev–Trinajstić information content (AvgIpc) is 2.59. The van der Waals surface area contributed by atoms with E-state index >= 15 is 0 Å². The molecule has 0 aromatic carbocycles. The molecule has 1 aromatic heterocycles. The van der Waals surface area contributed by atoms with Gasteiger partial charge in [0.15, 0.2) is 5.82 Å². The molecule has 25 heavy (non-hydrogen) atoms. The maximum atomic E-state index is 13.5. The van der Waals surface area contributed by atoms with Gasteiger partial charge in [-0.3, -0.25) is 9.59 Å². The molecule has 1 aliphatic rings. The fraction of sp³-hybridized carbons (Fsp3) is 0.571. The quantitative estimate of drug-likeness (QED) is 0.577. The van der Waals surface area contributed by atoms with Crippen LogP contribution in [0.2, 0.25) is 0 Å². The Morgan fingerprint density at radius 1 is 1.48 bits per heavy atom. The molecule has 1 saturated heterocycles. The third-order valence-electron chi connectivity index (χ3n) is 3.59. The van der Waals surface area contributed by atoms with Gasteiger partial charge in [0.2, 0.25) is 5.91 Å². The highest BCUT2D eigenvalue weighted by Gasteiger charge is 2.44. The second kappa shape index (κ2) is 8.19. The molecule has 2 heterocycles. The smallest absolute Gasteiger partial charge is 0.297 e. The van der Waals surface area contributed by atoms with E-state index in [1.54, 1.807) is 0 Å². The first kappa shape index (κ1) is 19.7. The van der Waals surface area contributed by atoms with E-state index in [-0.39, 0.29) is 25.1 Å². The fourth-order valence-corrected chi connectivity index (χ4v) is 3.12. The van der Waals surface area contributed by atoms with E-state index in [0.29, 0.717) is 12.0 Å². The molecular formula is C14H16F4N2O4S. The second-order valence-electron chi connectivity index (χ2n) is 5.42. The SMILES string of the molecule is O=C(Nc1cc(F)c(=O)n(CCF)c1)C1CCC(C(F)(F)CO)OS1. The number of aromatic nitrogens is 1. The molecule has 0 saturated carbocycles. The van der Waals surface area contributed by atoms with Crippen molar-refractivity contribution >= 4 is 23.6 Å². The topological polar surface area (TPSA) is 80.6 Å². The molecule has 1 amide bonds. The Morgan fingerprint density at radius 3 is 2.76 bits per heavy atom. The highest BCUT2D eigenvalue weighted by molar-refractivity contribution is 7.96. The van der Waals surface area contributed by atoms with Gasteiger partial charge in [0, 0.05) is 24.3 Å². The third-order valence-corrected chi connectivity index (χ3v) is 4.61. The van der Waals surface area contributed by atoms with Gasteiger partial charge < -0.3 is 19.2 Å². The van der Waals surface area contributed by atoms with Crippen LogP contribution in [0.1, 0.15) is 12.8 Å². The first-order chi connectivity index (χ1) is 11.8. The third kappa shape index (κ3) is 4.73. The molecule has 2 atom stereocenters. The largest absolute Gasteiger partial charge is 0.390 e. The van der Waals surface area contributed by atoms with Gasteiger partial charge in [-0.05, 0) is 12.8 Å². The summed E-state index contributed by atoms with van der Waals surface area (Å²) in [6, 6.07) is 0.798. The van der Waals surface area contributed by atoms with Crippen molar-refractivity contribution in [2.24, 2.45) is 0 Å². The van der Waals surface area contributed by atoms with Gasteiger partial charge in [-0.15, -0.1) is 0 Å². The number of nitrogens with zero attached hydrogens (tertiary/aromatic N) is 1. The van der Waals surface area contributed by atoms with Crippen molar-refractivity contribution in [1.82, 2.24) is 4.57 Å². The number of nitrogens with one attached hydrogen (secondary N) is 1. The van der Waals surface area contributed by atoms with Crippen LogP contribution in [0, 0.1) is 5.82 Å². The minimum absolute atomic E-state index is 0.0565. The molecule has 1 fully saturated rings. The molecule has 6 nitrogen and oxygen atoms in total. The van der Waals surface area contributed by atoms with Gasteiger partial charge in [-0.1, -0.05) is 0 Å². The molecule has 2 unspecified atom stereocenters. The van der Waals surface area contributed by atoms with Crippen molar-refractivity contribution in [3.63, 3.8) is 0 Å². The Bertz CT molecular complexity index is 677. The molecule has 1 aliphatic heterocycles. The summed E-state index contributed by atoms with van der Waals surface area (Å²) in [5, 5.41) is 10.1. The summed E-state index contributed by atoms with van der Waals surface area (Å²) in [6.07, 6.45) is -0.493. The number of carbonyl (C=O) groups is 1. The van der Waals surface area contributed by atoms with Crippen LogP contribution in [0.25, 0.3) is 0 Å². The average molecular weight is 384 g/mol. The molecule has 0 bridgehead atoms. The number of hydrogen-bond acceptors (Lipinski definition) is 5. The van der Waals surface area contributed by atoms with E-state index in [4.69, 9.17) is 9.29 Å². The van der Waals surface area contributed by atoms with Crippen LogP contribution in [-0.4, -0.2) is 46.1 Å². The van der Waals surface area contributed by atoms with Crippen LogP contribution in [0.3, 0.4) is 0 Å². The monoisotopic (exact) mass is 384 g/mol. The number of pyridine rings is 1. The highest BCUT2D eigenvalue weighted by atomic mass is 32.2. The van der Waals surface area contributed by atoms with Crippen LogP contribution >= 0.6 is 12.0 Å². The van der Waals surface area contributed by atoms with Gasteiger partial charge in [-0.2, -0.15) is 0 Å². The number of carbonyl (C=O) groups excluding carboxylic acids is 1. The first-order valence-electron chi connectivity index (χ1n) is 7.36. The number of hydrogen-bond donors (Lipinski definition) is 2. The Morgan fingerprint density at radius 2 is 2.20 bits per heavy atom. The summed E-state index contributed by atoms with van der Waals surface area (Å²) in [5.41, 5.74) is -1.07. The van der Waals surface area contributed by atoms with Crippen molar-refractivity contribution in [3.05, 3.63) is 28.4 Å². The predicted molar refractivity (Wildman–Crippen MR) is 82.8 cm³/mol. The Balaban J connectivity index is 2.01. The van der Waals surface area contributed by atoms with Crippen LogP contribution in [0.4, 0.5) is 23.2 Å². The predicted octanol–water partition coefficient (Wildman–Crippen LogP) is 1.72. The van der Waals surface area contributed by atoms with Crippen LogP contribution in [0.15, 0.2) is 17.1 Å². The molecule has 2 N–H and O–H groups in total. The van der Waals surface area contributed by atoms with Gasteiger partial charge in [0.1, 0.15) is 24.6 Å². The summed E-state index contributed by atoms with van der Waals surface area (Å²) in [4.78, 5) is 23.6. The van der Waals surface area contributed by atoms with Crippen molar-refractivity contribution in [2.45, 2.75) is 36.7 Å². The van der Waals surface area contributed by atoms with Gasteiger partial charge in [0.05, 0.1) is 12.2 Å². The zero-order valence-corrected chi connectivity index (χ0v) is 13.7. The minimum Gasteiger partial charge on any atom is -0.390 e. The van der Waals surface area contributed by atoms with Crippen LogP contribution in [-0.2, 0) is 15.5 Å². The maximum Gasteiger partial charge on any atom is 0.297 e. The molecule has 2 rings (SSSR count). The van der Waals surface area contributed by atoms with E-state index in [0.717, 1.165) is 16.8 Å². The van der Waals surface area contributed by atoms with E-state index < -0.39 is 47.8 Å². The lowest BCUT2D eigenvalue weighted by Crippen LogP contribution is -2.42. The first-order valence-corrected chi connectivity index (χ1v) is 8.16. The Hall–Kier alpha value is -1.59. The Kier molecular flexibility index (Phi) is 6.47. The number of alkyl halides is 3. The highest BCUT2D eigenvalue weighted by Crippen LogP contribution is 2.36. The Labute approximate surface area is 144 Å². The van der Waals surface area contributed by atoms with Crippen LogP contribution < -0.4 is 10.9 Å². The van der Waals surface area contributed by atoms with Gasteiger partial charge in [0.25, 0.3) is 11.5 Å². The molecule has 1 aromatic rings. The van der Waals surface area contributed by atoms with Crippen molar-refractivity contribution < 1.29 is 31.6 Å². The number of aliphatic hydroxyl groups excluding tert-OH is 1. The summed E-state index contributed by atoms with van der Waals surface area (Å²) < 4.78 is 58.2. The van der Waals surface area contributed by atoms with E-state index in [1.807, 2.05) is 0 Å². The van der Waals surface area contributed by atoms with Gasteiger partial charge >= 0.3 is 0 Å². The summed E-state index contributed by atoms with van der Waals surface area (Å²) >= 11 is 0.537. The summed E-state index contributed by atoms with van der Waals surface area (Å²) in [6.45, 7) is -2.60. The number of anilines is 1. The van der Waals surface area contributed by atoms with E-state index in [1.165, 1.54) is 0 Å². The normalized spacial score (nSPS) is 21.2. The second-order valence-corrected chi connectivity index (χ2v) is 6.37. The van der Waals surface area contributed by atoms with Crippen molar-refractivity contribution in [1.29, 1.82) is 0 Å². The zero-order valence-electron chi connectivity index (χ0n) is 12.9. The number of amides is 1. The number of aliphatic hydroxyl groups is 1. The lowest BCUT2D eigenvalue weighted by Gasteiger charge is -2.31. The molecule has 11 heteroatoms. The minimum atomic E-state index is -3.40. The molecule has 0 aliphatic carbocycles. The standard InChI is InChI=1S/C14H16F4N2O4S/c15-3-4-20-6-8(5-9(16)13(20)23)19-12(22)10-1-2-11(24-25-10)14(17,18)7-21/h5-6,10-11,21H,1-4,7H2,(H,19,22). The number of rotatable bonds is 6. The maximum absolute atomic E-state index is 13.5. The van der Waals surface area contributed by atoms with Crippen molar-refractivity contribution in [2.75, 3.05) is 18.6 Å². The molecule has 0 radical (unpaired) electrons. The molecule has 140 valence electrons. The summed E-state index contributed by atoms with van der Waals surface area (Å²) in [7, 11) is 0. The van der Waals surface area contributed by atoms with E-state index in [9.17, 15) is 27.2 Å². The lowest BCUT2D eigenvalue weighted by molar-refractivity contribution is -0.129.